The monoisotopic (exact) mass is 533 g/mol. The molecule has 3 aromatic rings. The number of nitrogens with zero attached hydrogens (tertiary/aromatic N) is 2. The molecule has 7 nitrogen and oxygen atoms in total. The number of para-hydroxylation sites is 1. The molecule has 3 rings (SSSR count). The predicted octanol–water partition coefficient (Wildman–Crippen LogP) is 4.35. The number of benzene rings is 3. The molecular weight excluding hydrogens is 509 g/mol. The number of hydrogen-bond acceptors (Lipinski definition) is 4. The first-order chi connectivity index (χ1) is 16.6. The minimum atomic E-state index is -4.15. The van der Waals surface area contributed by atoms with Gasteiger partial charge in [0.15, 0.2) is 0 Å². The molecule has 10 heteroatoms. The van der Waals surface area contributed by atoms with Crippen LogP contribution < -0.4 is 9.62 Å². The first-order valence-corrected chi connectivity index (χ1v) is 12.9. The summed E-state index contributed by atoms with van der Waals surface area (Å²) in [7, 11) is -2.68. The zero-order chi connectivity index (χ0) is 25.6. The lowest BCUT2D eigenvalue weighted by Crippen LogP contribution is -2.50. The second-order valence-electron chi connectivity index (χ2n) is 7.71. The maximum Gasteiger partial charge on any atom is 0.264 e. The summed E-state index contributed by atoms with van der Waals surface area (Å²) in [5, 5.41) is 3.24. The first kappa shape index (κ1) is 26.5. The van der Waals surface area contributed by atoms with Gasteiger partial charge in [-0.3, -0.25) is 13.9 Å². The van der Waals surface area contributed by atoms with Gasteiger partial charge in [-0.1, -0.05) is 65.7 Å². The number of carbonyl (C=O) groups is 2. The summed E-state index contributed by atoms with van der Waals surface area (Å²) < 4.78 is 28.2. The van der Waals surface area contributed by atoms with E-state index in [2.05, 4.69) is 5.32 Å². The Balaban J connectivity index is 2.03. The number of anilines is 1. The van der Waals surface area contributed by atoms with Crippen LogP contribution in [0.3, 0.4) is 0 Å². The van der Waals surface area contributed by atoms with Crippen molar-refractivity contribution in [3.63, 3.8) is 0 Å². The summed E-state index contributed by atoms with van der Waals surface area (Å²) in [5.74, 6) is -0.960. The lowest BCUT2D eigenvalue weighted by molar-refractivity contribution is -0.139. The highest BCUT2D eigenvalue weighted by atomic mass is 35.5. The molecule has 0 fully saturated rings. The van der Waals surface area contributed by atoms with E-state index in [1.54, 1.807) is 67.6 Å². The molecular formula is C25H25Cl2N3O4S. The lowest BCUT2D eigenvalue weighted by Gasteiger charge is -2.32. The SMILES string of the molecule is CNC(=O)[C@@H](C)N(Cc1ccc(Cl)cc1)C(=O)CN(c1ccccc1Cl)S(=O)(=O)c1ccccc1. The Bertz CT molecular complexity index is 1290. The normalized spacial score (nSPS) is 12.0. The predicted molar refractivity (Wildman–Crippen MR) is 138 cm³/mol. The van der Waals surface area contributed by atoms with Gasteiger partial charge in [-0.15, -0.1) is 0 Å². The van der Waals surface area contributed by atoms with Crippen molar-refractivity contribution in [2.24, 2.45) is 0 Å². The Kier molecular flexibility index (Phi) is 8.77. The molecule has 0 radical (unpaired) electrons. The van der Waals surface area contributed by atoms with Crippen LogP contribution in [-0.4, -0.2) is 44.8 Å². The van der Waals surface area contributed by atoms with Crippen molar-refractivity contribution in [3.05, 3.63) is 94.5 Å². The topological polar surface area (TPSA) is 86.8 Å². The van der Waals surface area contributed by atoms with Crippen molar-refractivity contribution in [2.75, 3.05) is 17.9 Å². The van der Waals surface area contributed by atoms with Crippen molar-refractivity contribution >= 4 is 50.7 Å². The van der Waals surface area contributed by atoms with Crippen LogP contribution in [0.4, 0.5) is 5.69 Å². The number of halogens is 2. The van der Waals surface area contributed by atoms with Crippen molar-refractivity contribution in [1.29, 1.82) is 0 Å². The standard InChI is InChI=1S/C25H25Cl2N3O4S/c1-18(25(32)28-2)29(16-19-12-14-20(26)15-13-19)24(31)17-30(23-11-7-6-10-22(23)27)35(33,34)21-8-4-3-5-9-21/h3-15,18H,16-17H2,1-2H3,(H,28,32)/t18-/m1/s1. The maximum atomic E-state index is 13.6. The summed E-state index contributed by atoms with van der Waals surface area (Å²) in [6.07, 6.45) is 0. The largest absolute Gasteiger partial charge is 0.357 e. The summed E-state index contributed by atoms with van der Waals surface area (Å²) in [6.45, 7) is 1.10. The highest BCUT2D eigenvalue weighted by molar-refractivity contribution is 7.92. The van der Waals surface area contributed by atoms with Gasteiger partial charge in [0.25, 0.3) is 10.0 Å². The first-order valence-electron chi connectivity index (χ1n) is 10.7. The Hall–Kier alpha value is -3.07. The quantitative estimate of drug-likeness (QED) is 0.442. The van der Waals surface area contributed by atoms with E-state index >= 15 is 0 Å². The number of nitrogens with one attached hydrogen (secondary N) is 1. The molecule has 2 amide bonds. The number of sulfonamides is 1. The van der Waals surface area contributed by atoms with Crippen LogP contribution in [0.5, 0.6) is 0 Å². The Morgan fingerprint density at radius 1 is 0.914 bits per heavy atom. The number of hydrogen-bond donors (Lipinski definition) is 1. The van der Waals surface area contributed by atoms with E-state index in [-0.39, 0.29) is 28.1 Å². The summed E-state index contributed by atoms with van der Waals surface area (Å²) in [5.41, 5.74) is 0.888. The van der Waals surface area contributed by atoms with E-state index in [1.807, 2.05) is 0 Å². The Morgan fingerprint density at radius 3 is 2.11 bits per heavy atom. The van der Waals surface area contributed by atoms with Crippen molar-refractivity contribution in [2.45, 2.75) is 24.4 Å². The fourth-order valence-corrected chi connectivity index (χ4v) is 5.33. The molecule has 0 aliphatic heterocycles. The number of rotatable bonds is 9. The zero-order valence-corrected chi connectivity index (χ0v) is 21.5. The third-order valence-electron chi connectivity index (χ3n) is 5.41. The molecule has 35 heavy (non-hydrogen) atoms. The maximum absolute atomic E-state index is 13.6. The molecule has 0 aliphatic rings. The molecule has 0 aliphatic carbocycles. The number of likely N-dealkylation sites (N-methyl/N-ethyl adjacent to an activating group) is 1. The fraction of sp³-hybridized carbons (Fsp3) is 0.200. The second kappa shape index (κ2) is 11.6. The van der Waals surface area contributed by atoms with Gasteiger partial charge >= 0.3 is 0 Å². The molecule has 0 saturated heterocycles. The molecule has 1 N–H and O–H groups in total. The van der Waals surface area contributed by atoms with Crippen LogP contribution in [0, 0.1) is 0 Å². The van der Waals surface area contributed by atoms with Gasteiger partial charge in [0.05, 0.1) is 15.6 Å². The smallest absolute Gasteiger partial charge is 0.264 e. The van der Waals surface area contributed by atoms with Crippen molar-refractivity contribution in [3.8, 4) is 0 Å². The van der Waals surface area contributed by atoms with Crippen LogP contribution in [0.1, 0.15) is 12.5 Å². The average molecular weight is 534 g/mol. The van der Waals surface area contributed by atoms with E-state index in [4.69, 9.17) is 23.2 Å². The van der Waals surface area contributed by atoms with E-state index in [0.29, 0.717) is 5.02 Å². The van der Waals surface area contributed by atoms with Crippen LogP contribution in [0.2, 0.25) is 10.0 Å². The minimum absolute atomic E-state index is 0.0105. The third kappa shape index (κ3) is 6.33. The van der Waals surface area contributed by atoms with Crippen molar-refractivity contribution < 1.29 is 18.0 Å². The molecule has 184 valence electrons. The van der Waals surface area contributed by atoms with Gasteiger partial charge in [-0.05, 0) is 48.9 Å². The third-order valence-corrected chi connectivity index (χ3v) is 7.76. The molecule has 3 aromatic carbocycles. The summed E-state index contributed by atoms with van der Waals surface area (Å²) in [4.78, 5) is 27.4. The highest BCUT2D eigenvalue weighted by Gasteiger charge is 2.33. The van der Waals surface area contributed by atoms with Crippen molar-refractivity contribution in [1.82, 2.24) is 10.2 Å². The fourth-order valence-electron chi connectivity index (χ4n) is 3.47. The van der Waals surface area contributed by atoms with Gasteiger partial charge in [0.2, 0.25) is 11.8 Å². The van der Waals surface area contributed by atoms with E-state index in [1.165, 1.54) is 30.1 Å². The van der Waals surface area contributed by atoms with Crippen LogP contribution in [0.25, 0.3) is 0 Å². The molecule has 0 unspecified atom stereocenters. The summed E-state index contributed by atoms with van der Waals surface area (Å²) >= 11 is 12.3. The van der Waals surface area contributed by atoms with E-state index < -0.39 is 28.5 Å². The van der Waals surface area contributed by atoms with Gasteiger partial charge in [0.1, 0.15) is 12.6 Å². The molecule has 0 aromatic heterocycles. The van der Waals surface area contributed by atoms with Gasteiger partial charge in [-0.25, -0.2) is 8.42 Å². The molecule has 0 heterocycles. The second-order valence-corrected chi connectivity index (χ2v) is 10.4. The minimum Gasteiger partial charge on any atom is -0.357 e. The number of carbonyl (C=O) groups excluding carboxylic acids is 2. The van der Waals surface area contributed by atoms with Crippen LogP contribution in [0.15, 0.2) is 83.8 Å². The lowest BCUT2D eigenvalue weighted by atomic mass is 10.1. The molecule has 0 saturated carbocycles. The van der Waals surface area contributed by atoms with Gasteiger partial charge < -0.3 is 10.2 Å². The van der Waals surface area contributed by atoms with Gasteiger partial charge in [-0.2, -0.15) is 0 Å². The molecule has 0 bridgehead atoms. The number of amides is 2. The molecule has 1 atom stereocenters. The van der Waals surface area contributed by atoms with Crippen LogP contribution in [-0.2, 0) is 26.2 Å². The average Bonchev–Trinajstić information content (AvgIpc) is 2.86. The van der Waals surface area contributed by atoms with Gasteiger partial charge in [0, 0.05) is 18.6 Å². The van der Waals surface area contributed by atoms with Crippen LogP contribution >= 0.6 is 23.2 Å². The Morgan fingerprint density at radius 2 is 1.51 bits per heavy atom. The highest BCUT2D eigenvalue weighted by Crippen LogP contribution is 2.30. The van der Waals surface area contributed by atoms with E-state index in [9.17, 15) is 18.0 Å². The molecule has 0 spiro atoms. The Labute approximate surface area is 215 Å². The van der Waals surface area contributed by atoms with E-state index in [0.717, 1.165) is 9.87 Å². The zero-order valence-electron chi connectivity index (χ0n) is 19.2. The summed E-state index contributed by atoms with van der Waals surface area (Å²) in [6, 6.07) is 20.1.